The van der Waals surface area contributed by atoms with E-state index in [0.29, 0.717) is 18.5 Å². The maximum absolute atomic E-state index is 12.4. The van der Waals surface area contributed by atoms with Crippen LogP contribution in [0.5, 0.6) is 0 Å². The molecule has 1 aromatic heterocycles. The van der Waals surface area contributed by atoms with E-state index in [2.05, 4.69) is 16.3 Å². The van der Waals surface area contributed by atoms with Gasteiger partial charge in [-0.15, -0.1) is 11.3 Å². The summed E-state index contributed by atoms with van der Waals surface area (Å²) in [5.74, 6) is 0.411. The van der Waals surface area contributed by atoms with Crippen LogP contribution < -0.4 is 5.73 Å². The third-order valence-corrected chi connectivity index (χ3v) is 4.30. The molecule has 3 nitrogen and oxygen atoms in total. The van der Waals surface area contributed by atoms with Gasteiger partial charge in [0, 0.05) is 16.8 Å². The fourth-order valence-electron chi connectivity index (χ4n) is 2.17. The van der Waals surface area contributed by atoms with Crippen molar-refractivity contribution >= 4 is 17.2 Å². The minimum Gasteiger partial charge on any atom is -0.334 e. The van der Waals surface area contributed by atoms with E-state index in [4.69, 9.17) is 5.73 Å². The lowest BCUT2D eigenvalue weighted by molar-refractivity contribution is -0.136. The van der Waals surface area contributed by atoms with Gasteiger partial charge in [0.2, 0.25) is 5.91 Å². The Balaban J connectivity index is 1.94. The van der Waals surface area contributed by atoms with Crippen LogP contribution in [0, 0.1) is 5.92 Å². The Morgan fingerprint density at radius 2 is 2.39 bits per heavy atom. The Morgan fingerprint density at radius 3 is 2.94 bits per heavy atom. The average Bonchev–Trinajstić information content (AvgIpc) is 3.09. The van der Waals surface area contributed by atoms with Crippen LogP contribution in [0.3, 0.4) is 0 Å². The first-order chi connectivity index (χ1) is 8.72. The van der Waals surface area contributed by atoms with Crippen molar-refractivity contribution in [2.75, 3.05) is 6.54 Å². The van der Waals surface area contributed by atoms with E-state index in [1.165, 1.54) is 17.7 Å². The Bertz CT molecular complexity index is 373. The third-order valence-electron chi connectivity index (χ3n) is 3.44. The molecule has 1 saturated carbocycles. The fourth-order valence-corrected chi connectivity index (χ4v) is 2.88. The second-order valence-corrected chi connectivity index (χ2v) is 6.14. The van der Waals surface area contributed by atoms with Crippen molar-refractivity contribution in [2.24, 2.45) is 11.7 Å². The maximum Gasteiger partial charge on any atom is 0.225 e. The van der Waals surface area contributed by atoms with Gasteiger partial charge in [-0.25, -0.2) is 0 Å². The number of thiophene rings is 1. The lowest BCUT2D eigenvalue weighted by Crippen LogP contribution is -2.36. The third kappa shape index (κ3) is 3.56. The number of carbonyl (C=O) groups excluding carboxylic acids is 1. The van der Waals surface area contributed by atoms with Gasteiger partial charge >= 0.3 is 0 Å². The van der Waals surface area contributed by atoms with Crippen LogP contribution in [0.25, 0.3) is 0 Å². The number of hydrogen-bond acceptors (Lipinski definition) is 3. The summed E-state index contributed by atoms with van der Waals surface area (Å²) in [5.41, 5.74) is 5.51. The van der Waals surface area contributed by atoms with Crippen molar-refractivity contribution in [3.8, 4) is 0 Å². The highest BCUT2D eigenvalue weighted by Crippen LogP contribution is 2.31. The zero-order valence-electron chi connectivity index (χ0n) is 11.0. The molecule has 2 rings (SSSR count). The molecule has 0 saturated heterocycles. The van der Waals surface area contributed by atoms with Gasteiger partial charge in [-0.2, -0.15) is 0 Å². The van der Waals surface area contributed by atoms with Gasteiger partial charge < -0.3 is 10.6 Å². The molecule has 18 heavy (non-hydrogen) atoms. The summed E-state index contributed by atoms with van der Waals surface area (Å²) in [6.07, 6.45) is 4.18. The molecule has 0 spiro atoms. The highest BCUT2D eigenvalue weighted by Gasteiger charge is 2.34. The van der Waals surface area contributed by atoms with Gasteiger partial charge in [0.25, 0.3) is 0 Å². The zero-order valence-corrected chi connectivity index (χ0v) is 11.8. The number of rotatable bonds is 7. The summed E-state index contributed by atoms with van der Waals surface area (Å²) in [6, 6.07) is 4.64. The molecule has 1 amide bonds. The molecule has 1 aliphatic carbocycles. The van der Waals surface area contributed by atoms with Crippen molar-refractivity contribution < 1.29 is 4.79 Å². The van der Waals surface area contributed by atoms with Crippen LogP contribution in [0.2, 0.25) is 0 Å². The predicted octanol–water partition coefficient (Wildman–Crippen LogP) is 2.61. The highest BCUT2D eigenvalue weighted by molar-refractivity contribution is 7.09. The number of hydrogen-bond donors (Lipinski definition) is 1. The summed E-state index contributed by atoms with van der Waals surface area (Å²) >= 11 is 1.73. The van der Waals surface area contributed by atoms with Gasteiger partial charge in [0.05, 0.1) is 6.54 Å². The van der Waals surface area contributed by atoms with E-state index in [1.807, 2.05) is 13.0 Å². The van der Waals surface area contributed by atoms with Gasteiger partial charge in [-0.3, -0.25) is 4.79 Å². The normalized spacial score (nSPS) is 16.6. The summed E-state index contributed by atoms with van der Waals surface area (Å²) in [4.78, 5) is 15.8. The molecule has 0 aromatic carbocycles. The average molecular weight is 266 g/mol. The highest BCUT2D eigenvalue weighted by atomic mass is 32.1. The molecular weight excluding hydrogens is 244 g/mol. The molecule has 1 atom stereocenters. The van der Waals surface area contributed by atoms with Gasteiger partial charge in [0.1, 0.15) is 0 Å². The fraction of sp³-hybridized carbons (Fsp3) is 0.643. The quantitative estimate of drug-likeness (QED) is 0.824. The molecule has 1 aliphatic rings. The molecule has 1 aromatic rings. The molecule has 0 radical (unpaired) electrons. The van der Waals surface area contributed by atoms with Crippen LogP contribution in [-0.2, 0) is 11.3 Å². The number of nitrogens with zero attached hydrogens (tertiary/aromatic N) is 1. The Hall–Kier alpha value is -0.870. The van der Waals surface area contributed by atoms with Crippen LogP contribution in [0.15, 0.2) is 17.5 Å². The first-order valence-electron chi connectivity index (χ1n) is 6.75. The molecule has 1 heterocycles. The monoisotopic (exact) mass is 266 g/mol. The van der Waals surface area contributed by atoms with Gasteiger partial charge in [-0.05, 0) is 43.7 Å². The molecule has 4 heteroatoms. The largest absolute Gasteiger partial charge is 0.334 e. The van der Waals surface area contributed by atoms with Crippen LogP contribution in [0.1, 0.15) is 37.5 Å². The Kier molecular flexibility index (Phi) is 4.78. The summed E-state index contributed by atoms with van der Waals surface area (Å²) in [7, 11) is 0. The van der Waals surface area contributed by atoms with E-state index < -0.39 is 0 Å². The van der Waals surface area contributed by atoms with E-state index >= 15 is 0 Å². The molecular formula is C14H22N2OS. The van der Waals surface area contributed by atoms with Crippen molar-refractivity contribution in [3.05, 3.63) is 22.4 Å². The second-order valence-electron chi connectivity index (χ2n) is 5.11. The van der Waals surface area contributed by atoms with Crippen LogP contribution in [0.4, 0.5) is 0 Å². The Labute approximate surface area is 113 Å². The summed E-state index contributed by atoms with van der Waals surface area (Å²) < 4.78 is 0. The molecule has 100 valence electrons. The lowest BCUT2D eigenvalue weighted by atomic mass is 10.0. The van der Waals surface area contributed by atoms with Crippen LogP contribution >= 0.6 is 11.3 Å². The van der Waals surface area contributed by atoms with E-state index in [9.17, 15) is 4.79 Å². The molecule has 0 aliphatic heterocycles. The maximum atomic E-state index is 12.4. The van der Waals surface area contributed by atoms with Crippen molar-refractivity contribution in [2.45, 2.75) is 45.2 Å². The van der Waals surface area contributed by atoms with E-state index in [-0.39, 0.29) is 5.92 Å². The molecule has 1 unspecified atom stereocenters. The first-order valence-corrected chi connectivity index (χ1v) is 7.63. The smallest absolute Gasteiger partial charge is 0.225 e. The first kappa shape index (κ1) is 13.6. The SMILES string of the molecule is CC(CCCN)C(=O)N(Cc1cccs1)C1CC1. The van der Waals surface area contributed by atoms with Crippen LogP contribution in [-0.4, -0.2) is 23.4 Å². The van der Waals surface area contributed by atoms with Crippen molar-refractivity contribution in [1.82, 2.24) is 4.90 Å². The standard InChI is InChI=1S/C14H22N2OS/c1-11(4-2-8-15)14(17)16(12-6-7-12)10-13-5-3-9-18-13/h3,5,9,11-12H,2,4,6-8,10,15H2,1H3. The molecule has 1 fully saturated rings. The minimum atomic E-state index is 0.106. The number of carbonyl (C=O) groups is 1. The zero-order chi connectivity index (χ0) is 13.0. The Morgan fingerprint density at radius 1 is 1.61 bits per heavy atom. The van der Waals surface area contributed by atoms with E-state index in [1.54, 1.807) is 11.3 Å². The summed E-state index contributed by atoms with van der Waals surface area (Å²) in [5, 5.41) is 2.07. The minimum absolute atomic E-state index is 0.106. The summed E-state index contributed by atoms with van der Waals surface area (Å²) in [6.45, 7) is 3.49. The topological polar surface area (TPSA) is 46.3 Å². The predicted molar refractivity (Wildman–Crippen MR) is 75.3 cm³/mol. The molecule has 2 N–H and O–H groups in total. The lowest BCUT2D eigenvalue weighted by Gasteiger charge is -2.25. The van der Waals surface area contributed by atoms with Crippen molar-refractivity contribution in [3.63, 3.8) is 0 Å². The number of amides is 1. The van der Waals surface area contributed by atoms with Crippen molar-refractivity contribution in [1.29, 1.82) is 0 Å². The molecule has 0 bridgehead atoms. The number of nitrogens with two attached hydrogens (primary N) is 1. The van der Waals surface area contributed by atoms with Gasteiger partial charge in [-0.1, -0.05) is 13.0 Å². The van der Waals surface area contributed by atoms with E-state index in [0.717, 1.165) is 19.4 Å². The van der Waals surface area contributed by atoms with Gasteiger partial charge in [0.15, 0.2) is 0 Å². The second kappa shape index (κ2) is 6.34.